The van der Waals surface area contributed by atoms with Crippen molar-refractivity contribution in [3.05, 3.63) is 368 Å². The fourth-order valence-electron chi connectivity index (χ4n) is 17.2. The molecule has 18 rings (SSSR count). The summed E-state index contributed by atoms with van der Waals surface area (Å²) in [6.07, 6.45) is 0. The summed E-state index contributed by atoms with van der Waals surface area (Å²) in [6, 6.07) is 131. The first-order valence-corrected chi connectivity index (χ1v) is 39.4. The largest absolute Gasteiger partial charge is 0.310 e. The number of rotatable bonds is 12. The normalized spacial score (nSPS) is 12.8. The van der Waals surface area contributed by atoms with Crippen molar-refractivity contribution >= 4 is 96.1 Å². The molecule has 0 spiro atoms. The topological polar surface area (TPSA) is 14.7 Å². The molecule has 0 bridgehead atoms. The number of nitrogens with zero attached hydrogens (tertiary/aromatic N) is 4. The molecule has 0 radical (unpaired) electrons. The standard InChI is InChI=1S/C106H93BN4/c1-103(2,3)78-58-76(59-79(63-78)104(4,5)6)77-61-98-100-99(62-77)111(102-89(73-42-26-16-27-43-73)66-81(106(10,11)12)67-90(102)74-44-28-17-29-45-74)97-69-85(109-94-51-35-34-50-86(94)91-68-84(54-57-95(91)109)108(82-46-30-18-31-47-82)83-48-32-19-33-49-83)53-56-93(97)107(100)92-55-52-75(70-36-20-13-21-37-70)60-96(92)110(98)101-87(71-38-22-14-23-39-71)64-80(105(7,8)9)65-88(101)72-40-24-15-25-41-72/h13-69H,1-12H3. The van der Waals surface area contributed by atoms with E-state index in [-0.39, 0.29) is 28.4 Å². The third-order valence-corrected chi connectivity index (χ3v) is 23.1. The van der Waals surface area contributed by atoms with E-state index in [1.54, 1.807) is 0 Å². The lowest BCUT2D eigenvalue weighted by Crippen LogP contribution is -2.61. The lowest BCUT2D eigenvalue weighted by Gasteiger charge is -2.46. The first-order chi connectivity index (χ1) is 53.6. The van der Waals surface area contributed by atoms with Crippen molar-refractivity contribution in [3.8, 4) is 72.4 Å². The van der Waals surface area contributed by atoms with E-state index in [2.05, 4.69) is 448 Å². The van der Waals surface area contributed by atoms with Crippen molar-refractivity contribution in [2.24, 2.45) is 0 Å². The smallest absolute Gasteiger partial charge is 0.252 e. The van der Waals surface area contributed by atoms with Crippen LogP contribution >= 0.6 is 0 Å². The third-order valence-electron chi connectivity index (χ3n) is 23.1. The molecule has 0 N–H and O–H groups in total. The van der Waals surface area contributed by atoms with Crippen molar-refractivity contribution in [3.63, 3.8) is 0 Å². The fourth-order valence-corrected chi connectivity index (χ4v) is 17.2. The molecule has 4 nitrogen and oxygen atoms in total. The van der Waals surface area contributed by atoms with E-state index in [1.807, 2.05) is 0 Å². The first kappa shape index (κ1) is 70.3. The van der Waals surface area contributed by atoms with Crippen molar-refractivity contribution in [2.75, 3.05) is 14.7 Å². The molecule has 5 heteroatoms. The molecule has 0 unspecified atom stereocenters. The first-order valence-electron chi connectivity index (χ1n) is 39.4. The van der Waals surface area contributed by atoms with Crippen LogP contribution in [0.1, 0.15) is 105 Å². The van der Waals surface area contributed by atoms with Gasteiger partial charge >= 0.3 is 0 Å². The Kier molecular flexibility index (Phi) is 17.3. The van der Waals surface area contributed by atoms with Gasteiger partial charge in [-0.3, -0.25) is 0 Å². The summed E-state index contributed by atoms with van der Waals surface area (Å²) in [4.78, 5) is 7.86. The zero-order valence-electron chi connectivity index (χ0n) is 65.8. The molecule has 0 fully saturated rings. The fraction of sp³-hybridized carbons (Fsp3) is 0.151. The molecular formula is C106H93BN4. The van der Waals surface area contributed by atoms with Crippen molar-refractivity contribution in [1.29, 1.82) is 0 Å². The van der Waals surface area contributed by atoms with E-state index in [4.69, 9.17) is 0 Å². The maximum atomic E-state index is 2.75. The average Bonchev–Trinajstić information content (AvgIpc) is 1.05. The predicted molar refractivity (Wildman–Crippen MR) is 477 cm³/mol. The minimum Gasteiger partial charge on any atom is -0.310 e. The zero-order chi connectivity index (χ0) is 76.2. The third kappa shape index (κ3) is 12.6. The molecule has 0 aliphatic carbocycles. The van der Waals surface area contributed by atoms with Crippen LogP contribution < -0.4 is 31.1 Å². The summed E-state index contributed by atoms with van der Waals surface area (Å²) >= 11 is 0. The predicted octanol–water partition coefficient (Wildman–Crippen LogP) is 27.5. The van der Waals surface area contributed by atoms with E-state index in [9.17, 15) is 0 Å². The van der Waals surface area contributed by atoms with Crippen molar-refractivity contribution in [2.45, 2.75) is 105 Å². The number of anilines is 9. The summed E-state index contributed by atoms with van der Waals surface area (Å²) in [7, 11) is 0. The summed E-state index contributed by atoms with van der Waals surface area (Å²) in [5.41, 5.74) is 35.3. The second-order valence-electron chi connectivity index (χ2n) is 34.6. The van der Waals surface area contributed by atoms with E-state index < -0.39 is 0 Å². The van der Waals surface area contributed by atoms with Crippen LogP contribution in [0.15, 0.2) is 346 Å². The summed E-state index contributed by atoms with van der Waals surface area (Å²) in [6.45, 7) is 28.1. The highest BCUT2D eigenvalue weighted by molar-refractivity contribution is 7.00. The number of fused-ring (bicyclic) bond motifs is 7. The Bertz CT molecular complexity index is 6020. The summed E-state index contributed by atoms with van der Waals surface area (Å²) < 4.78 is 2.53. The molecule has 540 valence electrons. The molecular weight excluding hydrogens is 1340 g/mol. The van der Waals surface area contributed by atoms with Crippen LogP contribution in [0.2, 0.25) is 0 Å². The number of para-hydroxylation sites is 3. The maximum Gasteiger partial charge on any atom is 0.252 e. The Morgan fingerprint density at radius 3 is 1.03 bits per heavy atom. The minimum absolute atomic E-state index is 0.171. The Morgan fingerprint density at radius 2 is 0.595 bits per heavy atom. The number of aromatic nitrogens is 1. The molecule has 2 aliphatic rings. The van der Waals surface area contributed by atoms with Gasteiger partial charge in [0.05, 0.1) is 22.4 Å². The Balaban J connectivity index is 1.02. The van der Waals surface area contributed by atoms with Gasteiger partial charge in [0, 0.05) is 78.5 Å². The molecule has 3 heterocycles. The molecule has 0 saturated heterocycles. The second kappa shape index (κ2) is 27.3. The van der Waals surface area contributed by atoms with Gasteiger partial charge in [-0.2, -0.15) is 0 Å². The maximum absolute atomic E-state index is 2.75. The zero-order valence-corrected chi connectivity index (χ0v) is 65.8. The molecule has 0 atom stereocenters. The van der Waals surface area contributed by atoms with Crippen LogP contribution in [-0.2, 0) is 21.7 Å². The van der Waals surface area contributed by atoms with Gasteiger partial charge in [-0.15, -0.1) is 0 Å². The highest BCUT2D eigenvalue weighted by Gasteiger charge is 2.46. The van der Waals surface area contributed by atoms with Crippen LogP contribution in [-0.4, -0.2) is 11.3 Å². The Labute approximate surface area is 656 Å². The van der Waals surface area contributed by atoms with Gasteiger partial charge in [-0.1, -0.05) is 326 Å². The van der Waals surface area contributed by atoms with Crippen molar-refractivity contribution in [1.82, 2.24) is 4.57 Å². The van der Waals surface area contributed by atoms with E-state index in [0.29, 0.717) is 0 Å². The van der Waals surface area contributed by atoms with Gasteiger partial charge in [0.2, 0.25) is 0 Å². The van der Waals surface area contributed by atoms with Gasteiger partial charge in [0.15, 0.2) is 0 Å². The lowest BCUT2D eigenvalue weighted by molar-refractivity contribution is 0.569. The lowest BCUT2D eigenvalue weighted by atomic mass is 9.33. The number of hydrogen-bond donors (Lipinski definition) is 0. The van der Waals surface area contributed by atoms with Crippen LogP contribution in [0.5, 0.6) is 0 Å². The summed E-state index contributed by atoms with van der Waals surface area (Å²) in [5.74, 6) is 0. The van der Waals surface area contributed by atoms with Crippen LogP contribution in [0.4, 0.5) is 51.2 Å². The van der Waals surface area contributed by atoms with Gasteiger partial charge in [0.25, 0.3) is 6.71 Å². The van der Waals surface area contributed by atoms with E-state index in [1.165, 1.54) is 66.1 Å². The molecule has 15 aromatic carbocycles. The number of benzene rings is 15. The van der Waals surface area contributed by atoms with E-state index in [0.717, 1.165) is 118 Å². The molecule has 111 heavy (non-hydrogen) atoms. The average molecular weight is 1430 g/mol. The Morgan fingerprint density at radius 1 is 0.243 bits per heavy atom. The highest BCUT2D eigenvalue weighted by atomic mass is 15.2. The highest BCUT2D eigenvalue weighted by Crippen LogP contribution is 2.56. The summed E-state index contributed by atoms with van der Waals surface area (Å²) in [5, 5.41) is 2.36. The van der Waals surface area contributed by atoms with Crippen molar-refractivity contribution < 1.29 is 0 Å². The van der Waals surface area contributed by atoms with Crippen LogP contribution in [0, 0.1) is 0 Å². The molecule has 16 aromatic rings. The quantitative estimate of drug-likeness (QED) is 0.113. The molecule has 2 aliphatic heterocycles. The Hall–Kier alpha value is -12.4. The second-order valence-corrected chi connectivity index (χ2v) is 34.6. The van der Waals surface area contributed by atoms with E-state index >= 15 is 0 Å². The molecule has 0 amide bonds. The number of hydrogen-bond acceptors (Lipinski definition) is 3. The van der Waals surface area contributed by atoms with Gasteiger partial charge in [-0.25, -0.2) is 0 Å². The van der Waals surface area contributed by atoms with Gasteiger partial charge in [-0.05, 0) is 208 Å². The SMILES string of the molecule is CC(C)(C)c1cc(-c2cc3c4c(c2)N(c2c(-c5ccccc5)cc(C(C)(C)C)cc2-c2ccccc2)c2cc(-n5c6ccccc6c6cc(N(c7ccccc7)c7ccccc7)ccc65)ccc2B4c2ccc(-c4ccccc4)cc2N3c2c(-c3ccccc3)cc(C(C)(C)C)cc2-c2ccccc2)cc(C(C)(C)C)c1. The molecule has 1 aromatic heterocycles. The van der Waals surface area contributed by atoms with Gasteiger partial charge < -0.3 is 19.3 Å². The van der Waals surface area contributed by atoms with Gasteiger partial charge in [0.1, 0.15) is 0 Å². The molecule has 0 saturated carbocycles. The van der Waals surface area contributed by atoms with Crippen LogP contribution in [0.25, 0.3) is 94.3 Å². The minimum atomic E-state index is -0.266. The monoisotopic (exact) mass is 1430 g/mol. The van der Waals surface area contributed by atoms with Crippen LogP contribution in [0.3, 0.4) is 0 Å².